The summed E-state index contributed by atoms with van der Waals surface area (Å²) >= 11 is 0. The Bertz CT molecular complexity index is 828. The molecule has 156 valence electrons. The molecule has 29 heavy (non-hydrogen) atoms. The number of fused-ring (bicyclic) bond motifs is 1. The number of rotatable bonds is 6. The summed E-state index contributed by atoms with van der Waals surface area (Å²) in [6.07, 6.45) is 2.74. The minimum Gasteiger partial charge on any atom is -0.481 e. The number of aliphatic carboxylic acids is 1. The molecule has 0 bridgehead atoms. The monoisotopic (exact) mass is 401 g/mol. The number of ether oxygens (including phenoxy) is 1. The molecule has 1 aromatic heterocycles. The zero-order chi connectivity index (χ0) is 20.8. The van der Waals surface area contributed by atoms with Crippen LogP contribution in [0.5, 0.6) is 0 Å². The molecule has 0 saturated heterocycles. The van der Waals surface area contributed by atoms with E-state index in [1.165, 1.54) is 12.8 Å². The van der Waals surface area contributed by atoms with E-state index in [9.17, 15) is 4.79 Å². The highest BCUT2D eigenvalue weighted by molar-refractivity contribution is 5.78. The molecule has 1 atom stereocenters. The Morgan fingerprint density at radius 3 is 2.66 bits per heavy atom. The molecule has 1 fully saturated rings. The van der Waals surface area contributed by atoms with Crippen LogP contribution in [-0.2, 0) is 27.3 Å². The quantitative estimate of drug-likeness (QED) is 0.764. The molecule has 8 heteroatoms. The number of amides is 1. The Kier molecular flexibility index (Phi) is 7.00. The molecule has 2 N–H and O–H groups in total. The van der Waals surface area contributed by atoms with E-state index in [0.717, 1.165) is 23.9 Å². The van der Waals surface area contributed by atoms with Gasteiger partial charge >= 0.3 is 0 Å². The fourth-order valence-corrected chi connectivity index (χ4v) is 3.18. The van der Waals surface area contributed by atoms with Crippen LogP contribution >= 0.6 is 0 Å². The number of carboxylic acids is 1. The largest absolute Gasteiger partial charge is 0.481 e. The highest BCUT2D eigenvalue weighted by atomic mass is 16.5. The van der Waals surface area contributed by atoms with E-state index in [4.69, 9.17) is 19.1 Å². The fraction of sp³-hybridized carbons (Fsp3) is 0.476. The predicted octanol–water partition coefficient (Wildman–Crippen LogP) is 2.14. The summed E-state index contributed by atoms with van der Waals surface area (Å²) in [7, 11) is 1.65. The molecule has 0 radical (unpaired) electrons. The van der Waals surface area contributed by atoms with Gasteiger partial charge in [0.05, 0.1) is 13.1 Å². The van der Waals surface area contributed by atoms with Gasteiger partial charge in [-0.25, -0.2) is 4.98 Å². The number of nitrogens with zero attached hydrogens (tertiary/aromatic N) is 2. The summed E-state index contributed by atoms with van der Waals surface area (Å²) in [5, 5.41) is 10.7. The SMILES string of the molecule is CC(=O)O.COC(c1ccccc1)c1nc2c(o1)CCN(C(=O)CNC1CC1)C2. The number of methoxy groups -OCH3 is 1. The van der Waals surface area contributed by atoms with Crippen LogP contribution in [-0.4, -0.2) is 53.1 Å². The summed E-state index contributed by atoms with van der Waals surface area (Å²) in [6.45, 7) is 2.68. The number of hydrogen-bond acceptors (Lipinski definition) is 6. The molecule has 8 nitrogen and oxygen atoms in total. The van der Waals surface area contributed by atoms with E-state index in [-0.39, 0.29) is 12.0 Å². The van der Waals surface area contributed by atoms with E-state index in [1.54, 1.807) is 7.11 Å². The van der Waals surface area contributed by atoms with Gasteiger partial charge in [-0.1, -0.05) is 30.3 Å². The lowest BCUT2D eigenvalue weighted by molar-refractivity contribution is -0.134. The maximum atomic E-state index is 12.3. The van der Waals surface area contributed by atoms with Gasteiger partial charge in [0.1, 0.15) is 11.5 Å². The first-order valence-corrected chi connectivity index (χ1v) is 9.74. The van der Waals surface area contributed by atoms with E-state index >= 15 is 0 Å². The van der Waals surface area contributed by atoms with Crippen LogP contribution in [0.1, 0.15) is 48.8 Å². The molecule has 2 aromatic rings. The second-order valence-electron chi connectivity index (χ2n) is 7.19. The third-order valence-corrected chi connectivity index (χ3v) is 4.78. The zero-order valence-electron chi connectivity index (χ0n) is 16.8. The van der Waals surface area contributed by atoms with Crippen molar-refractivity contribution in [3.05, 3.63) is 53.2 Å². The second-order valence-corrected chi connectivity index (χ2v) is 7.19. The Balaban J connectivity index is 0.000000552. The highest BCUT2D eigenvalue weighted by Gasteiger charge is 2.29. The first-order valence-electron chi connectivity index (χ1n) is 9.74. The molecule has 1 aromatic carbocycles. The summed E-state index contributed by atoms with van der Waals surface area (Å²) in [6, 6.07) is 10.4. The number of aromatic nitrogens is 1. The van der Waals surface area contributed by atoms with Crippen LogP contribution in [0.2, 0.25) is 0 Å². The van der Waals surface area contributed by atoms with E-state index < -0.39 is 5.97 Å². The number of carbonyl (C=O) groups is 2. The van der Waals surface area contributed by atoms with Crippen molar-refractivity contribution < 1.29 is 23.8 Å². The summed E-state index contributed by atoms with van der Waals surface area (Å²) in [5.74, 6) is 0.727. The average Bonchev–Trinajstić information content (AvgIpc) is 3.44. The summed E-state index contributed by atoms with van der Waals surface area (Å²) < 4.78 is 11.6. The van der Waals surface area contributed by atoms with Gasteiger partial charge in [-0.15, -0.1) is 0 Å². The van der Waals surface area contributed by atoms with Crippen LogP contribution in [0.15, 0.2) is 34.7 Å². The number of carboxylic acid groups (broad SMARTS) is 1. The van der Waals surface area contributed by atoms with Crippen LogP contribution in [0.3, 0.4) is 0 Å². The highest BCUT2D eigenvalue weighted by Crippen LogP contribution is 2.29. The lowest BCUT2D eigenvalue weighted by Crippen LogP contribution is -2.41. The number of hydrogen-bond donors (Lipinski definition) is 2. The normalized spacial score (nSPS) is 16.4. The van der Waals surface area contributed by atoms with Gasteiger partial charge in [0.2, 0.25) is 11.8 Å². The predicted molar refractivity (Wildman–Crippen MR) is 105 cm³/mol. The lowest BCUT2D eigenvalue weighted by Gasteiger charge is -2.25. The van der Waals surface area contributed by atoms with Crippen molar-refractivity contribution in [1.29, 1.82) is 0 Å². The van der Waals surface area contributed by atoms with Crippen molar-refractivity contribution in [3.63, 3.8) is 0 Å². The molecule has 1 aliphatic carbocycles. The molecular formula is C21H27N3O5. The molecule has 1 aliphatic heterocycles. The molecule has 2 heterocycles. The molecule has 2 aliphatic rings. The summed E-state index contributed by atoms with van der Waals surface area (Å²) in [4.78, 5) is 27.8. The van der Waals surface area contributed by atoms with Gasteiger partial charge < -0.3 is 24.5 Å². The maximum absolute atomic E-state index is 12.3. The number of nitrogens with one attached hydrogen (secondary N) is 1. The minimum atomic E-state index is -0.833. The van der Waals surface area contributed by atoms with E-state index in [2.05, 4.69) is 10.3 Å². The molecule has 1 unspecified atom stereocenters. The van der Waals surface area contributed by atoms with Gasteiger partial charge in [-0.05, 0) is 18.4 Å². The first-order chi connectivity index (χ1) is 14.0. The number of carbonyl (C=O) groups excluding carboxylic acids is 1. The topological polar surface area (TPSA) is 105 Å². The van der Waals surface area contributed by atoms with E-state index in [1.807, 2.05) is 35.2 Å². The van der Waals surface area contributed by atoms with Gasteiger partial charge in [-0.3, -0.25) is 9.59 Å². The van der Waals surface area contributed by atoms with Gasteiger partial charge in [0, 0.05) is 33.0 Å². The van der Waals surface area contributed by atoms with Crippen molar-refractivity contribution in [2.75, 3.05) is 20.2 Å². The zero-order valence-corrected chi connectivity index (χ0v) is 16.8. The number of benzene rings is 1. The fourth-order valence-electron chi connectivity index (χ4n) is 3.18. The Hall–Kier alpha value is -2.71. The molecule has 1 amide bonds. The van der Waals surface area contributed by atoms with Crippen molar-refractivity contribution in [1.82, 2.24) is 15.2 Å². The first kappa shape index (κ1) is 21.0. The van der Waals surface area contributed by atoms with Crippen molar-refractivity contribution in [3.8, 4) is 0 Å². The number of oxazole rings is 1. The van der Waals surface area contributed by atoms with Crippen LogP contribution in [0, 0.1) is 0 Å². The lowest BCUT2D eigenvalue weighted by atomic mass is 10.1. The van der Waals surface area contributed by atoms with Crippen molar-refractivity contribution >= 4 is 11.9 Å². The van der Waals surface area contributed by atoms with Crippen LogP contribution in [0.25, 0.3) is 0 Å². The Labute approximate surface area is 169 Å². The second kappa shape index (κ2) is 9.67. The average molecular weight is 401 g/mol. The maximum Gasteiger partial charge on any atom is 0.300 e. The third-order valence-electron chi connectivity index (χ3n) is 4.78. The molecular weight excluding hydrogens is 374 g/mol. The minimum absolute atomic E-state index is 0.133. The van der Waals surface area contributed by atoms with Gasteiger partial charge in [0.15, 0.2) is 6.10 Å². The molecule has 0 spiro atoms. The Morgan fingerprint density at radius 2 is 2.03 bits per heavy atom. The van der Waals surface area contributed by atoms with Crippen molar-refractivity contribution in [2.45, 2.75) is 44.9 Å². The summed E-state index contributed by atoms with van der Waals surface area (Å²) in [5.41, 5.74) is 1.85. The third kappa shape index (κ3) is 5.88. The standard InChI is InChI=1S/C19H23N3O3.C2H4O2/c1-24-18(13-5-3-2-4-6-13)19-21-15-12-22(10-9-16(15)25-19)17(23)11-20-14-7-8-14;1-2(3)4/h2-6,14,18,20H,7-12H2,1H3;1H3,(H,3,4). The van der Waals surface area contributed by atoms with Gasteiger partial charge in [-0.2, -0.15) is 0 Å². The smallest absolute Gasteiger partial charge is 0.300 e. The Morgan fingerprint density at radius 1 is 1.34 bits per heavy atom. The molecule has 4 rings (SSSR count). The van der Waals surface area contributed by atoms with E-state index in [0.29, 0.717) is 38.0 Å². The van der Waals surface area contributed by atoms with Crippen molar-refractivity contribution in [2.24, 2.45) is 0 Å². The van der Waals surface area contributed by atoms with Crippen LogP contribution < -0.4 is 5.32 Å². The molecule has 1 saturated carbocycles. The van der Waals surface area contributed by atoms with Crippen LogP contribution in [0.4, 0.5) is 0 Å². The van der Waals surface area contributed by atoms with Gasteiger partial charge in [0.25, 0.3) is 5.97 Å².